The Kier molecular flexibility index (Phi) is 4.65. The molecule has 7 heteroatoms. The van der Waals surface area contributed by atoms with Crippen LogP contribution in [-0.4, -0.2) is 34.2 Å². The number of aryl methyl sites for hydroxylation is 1. The Morgan fingerprint density at radius 1 is 1.09 bits per heavy atom. The number of hydrogen-bond donors (Lipinski definition) is 3. The number of pyridine rings is 1. The fraction of sp³-hybridized carbons (Fsp3) is 0.375. The van der Waals surface area contributed by atoms with E-state index in [4.69, 9.17) is 0 Å². The van der Waals surface area contributed by atoms with Crippen LogP contribution in [0.3, 0.4) is 0 Å². The molecule has 0 atom stereocenters. The Morgan fingerprint density at radius 3 is 2.48 bits per heavy atom. The highest BCUT2D eigenvalue weighted by Crippen LogP contribution is 2.28. The first kappa shape index (κ1) is 15.2. The van der Waals surface area contributed by atoms with Crippen LogP contribution in [0.5, 0.6) is 0 Å². The molecule has 1 saturated carbocycles. The number of amides is 1. The number of carbonyl (C=O) groups is 1. The summed E-state index contributed by atoms with van der Waals surface area (Å²) in [4.78, 5) is 15.7. The van der Waals surface area contributed by atoms with Crippen LogP contribution < -0.4 is 16.0 Å². The summed E-state index contributed by atoms with van der Waals surface area (Å²) in [5.74, 6) is 2.44. The van der Waals surface area contributed by atoms with Crippen molar-refractivity contribution in [2.45, 2.75) is 19.8 Å². The van der Waals surface area contributed by atoms with Gasteiger partial charge in [-0.05, 0) is 43.5 Å². The molecular formula is C16H20N6O. The van der Waals surface area contributed by atoms with Crippen LogP contribution >= 0.6 is 0 Å². The molecule has 0 radical (unpaired) electrons. The summed E-state index contributed by atoms with van der Waals surface area (Å²) in [7, 11) is 0. The first-order chi connectivity index (χ1) is 11.2. The summed E-state index contributed by atoms with van der Waals surface area (Å²) >= 11 is 0. The highest BCUT2D eigenvalue weighted by atomic mass is 16.2. The number of anilines is 3. The summed E-state index contributed by atoms with van der Waals surface area (Å²) in [5, 5.41) is 17.3. The molecule has 0 spiro atoms. The quantitative estimate of drug-likeness (QED) is 0.676. The third-order valence-corrected chi connectivity index (χ3v) is 3.51. The number of nitrogens with zero attached hydrogens (tertiary/aromatic N) is 3. The molecule has 0 aromatic carbocycles. The van der Waals surface area contributed by atoms with Crippen LogP contribution in [0.25, 0.3) is 0 Å². The predicted octanol–water partition coefficient (Wildman–Crippen LogP) is 1.86. The Labute approximate surface area is 134 Å². The average Bonchev–Trinajstić information content (AvgIpc) is 3.40. The van der Waals surface area contributed by atoms with Crippen molar-refractivity contribution in [2.24, 2.45) is 5.92 Å². The SMILES string of the molecule is Cc1ccc(Nc2ccc(NCCNC(=O)C3CC3)nn2)nc1. The summed E-state index contributed by atoms with van der Waals surface area (Å²) in [6.07, 6.45) is 3.84. The molecule has 2 aromatic heterocycles. The number of nitrogens with one attached hydrogen (secondary N) is 3. The summed E-state index contributed by atoms with van der Waals surface area (Å²) in [6, 6.07) is 7.55. The monoisotopic (exact) mass is 312 g/mol. The molecule has 3 N–H and O–H groups in total. The lowest BCUT2D eigenvalue weighted by molar-refractivity contribution is -0.122. The van der Waals surface area contributed by atoms with Gasteiger partial charge in [0, 0.05) is 25.2 Å². The predicted molar refractivity (Wildman–Crippen MR) is 88.5 cm³/mol. The van der Waals surface area contributed by atoms with Gasteiger partial charge in [0.05, 0.1) is 0 Å². The Morgan fingerprint density at radius 2 is 1.83 bits per heavy atom. The van der Waals surface area contributed by atoms with E-state index in [1.54, 1.807) is 6.20 Å². The molecule has 2 aromatic rings. The van der Waals surface area contributed by atoms with Gasteiger partial charge < -0.3 is 16.0 Å². The van der Waals surface area contributed by atoms with E-state index in [-0.39, 0.29) is 11.8 Å². The van der Waals surface area contributed by atoms with E-state index in [0.717, 1.165) is 24.2 Å². The van der Waals surface area contributed by atoms with E-state index in [9.17, 15) is 4.79 Å². The molecule has 7 nitrogen and oxygen atoms in total. The van der Waals surface area contributed by atoms with E-state index in [1.807, 2.05) is 31.2 Å². The van der Waals surface area contributed by atoms with Crippen molar-refractivity contribution in [3.05, 3.63) is 36.0 Å². The van der Waals surface area contributed by atoms with Gasteiger partial charge in [-0.2, -0.15) is 0 Å². The van der Waals surface area contributed by atoms with Crippen LogP contribution in [0.15, 0.2) is 30.5 Å². The van der Waals surface area contributed by atoms with Crippen molar-refractivity contribution >= 4 is 23.4 Å². The summed E-state index contributed by atoms with van der Waals surface area (Å²) in [5.41, 5.74) is 1.11. The maximum Gasteiger partial charge on any atom is 0.223 e. The molecule has 1 aliphatic carbocycles. The number of aromatic nitrogens is 3. The Hall–Kier alpha value is -2.70. The van der Waals surface area contributed by atoms with Gasteiger partial charge in [0.25, 0.3) is 0 Å². The second kappa shape index (κ2) is 7.04. The van der Waals surface area contributed by atoms with Gasteiger partial charge in [-0.15, -0.1) is 10.2 Å². The number of hydrogen-bond acceptors (Lipinski definition) is 6. The van der Waals surface area contributed by atoms with E-state index in [2.05, 4.69) is 31.1 Å². The van der Waals surface area contributed by atoms with Crippen LogP contribution in [0, 0.1) is 12.8 Å². The van der Waals surface area contributed by atoms with Crippen LogP contribution in [0.4, 0.5) is 17.5 Å². The summed E-state index contributed by atoms with van der Waals surface area (Å²) < 4.78 is 0. The van der Waals surface area contributed by atoms with Crippen LogP contribution in [0.2, 0.25) is 0 Å². The normalized spacial score (nSPS) is 13.4. The zero-order valence-corrected chi connectivity index (χ0v) is 13.0. The molecule has 1 amide bonds. The lowest BCUT2D eigenvalue weighted by atomic mass is 10.3. The molecule has 0 bridgehead atoms. The molecule has 1 fully saturated rings. The van der Waals surface area contributed by atoms with Crippen LogP contribution in [0.1, 0.15) is 18.4 Å². The lowest BCUT2D eigenvalue weighted by Crippen LogP contribution is -2.29. The minimum Gasteiger partial charge on any atom is -0.367 e. The lowest BCUT2D eigenvalue weighted by Gasteiger charge is -2.08. The topological polar surface area (TPSA) is 91.8 Å². The third kappa shape index (κ3) is 4.64. The molecule has 2 heterocycles. The highest BCUT2D eigenvalue weighted by Gasteiger charge is 2.28. The average molecular weight is 312 g/mol. The first-order valence-corrected chi connectivity index (χ1v) is 7.76. The van der Waals surface area contributed by atoms with Gasteiger partial charge in [-0.1, -0.05) is 6.07 Å². The molecule has 0 unspecified atom stereocenters. The van der Waals surface area contributed by atoms with Gasteiger partial charge in [0.2, 0.25) is 5.91 Å². The minimum atomic E-state index is 0.156. The van der Waals surface area contributed by atoms with E-state index < -0.39 is 0 Å². The first-order valence-electron chi connectivity index (χ1n) is 7.76. The molecule has 1 aliphatic rings. The fourth-order valence-electron chi connectivity index (χ4n) is 2.03. The minimum absolute atomic E-state index is 0.156. The van der Waals surface area contributed by atoms with Crippen molar-refractivity contribution in [2.75, 3.05) is 23.7 Å². The number of carbonyl (C=O) groups excluding carboxylic acids is 1. The Balaban J connectivity index is 1.43. The third-order valence-electron chi connectivity index (χ3n) is 3.51. The maximum atomic E-state index is 11.5. The van der Waals surface area contributed by atoms with Crippen molar-refractivity contribution in [3.63, 3.8) is 0 Å². The van der Waals surface area contributed by atoms with Gasteiger partial charge >= 0.3 is 0 Å². The van der Waals surface area contributed by atoms with Crippen molar-refractivity contribution in [3.8, 4) is 0 Å². The largest absolute Gasteiger partial charge is 0.367 e. The Bertz CT molecular complexity index is 651. The van der Waals surface area contributed by atoms with E-state index in [0.29, 0.717) is 24.7 Å². The maximum absolute atomic E-state index is 11.5. The molecule has 0 saturated heterocycles. The highest BCUT2D eigenvalue weighted by molar-refractivity contribution is 5.80. The summed E-state index contributed by atoms with van der Waals surface area (Å²) in [6.45, 7) is 3.20. The second-order valence-corrected chi connectivity index (χ2v) is 5.64. The molecule has 3 rings (SSSR count). The van der Waals surface area contributed by atoms with E-state index >= 15 is 0 Å². The van der Waals surface area contributed by atoms with Crippen molar-refractivity contribution in [1.29, 1.82) is 0 Å². The van der Waals surface area contributed by atoms with E-state index in [1.165, 1.54) is 0 Å². The fourth-order valence-corrected chi connectivity index (χ4v) is 2.03. The standard InChI is InChI=1S/C16H20N6O/c1-11-2-5-13(19-10-11)20-15-7-6-14(21-22-15)17-8-9-18-16(23)12-3-4-12/h2,5-7,10,12H,3-4,8-9H2,1H3,(H,17,21)(H,18,23)(H,19,20,22). The smallest absolute Gasteiger partial charge is 0.223 e. The molecule has 0 aliphatic heterocycles. The number of rotatable bonds is 7. The van der Waals surface area contributed by atoms with Gasteiger partial charge in [-0.3, -0.25) is 4.79 Å². The van der Waals surface area contributed by atoms with Gasteiger partial charge in [0.1, 0.15) is 11.6 Å². The molecule has 120 valence electrons. The van der Waals surface area contributed by atoms with Crippen molar-refractivity contribution in [1.82, 2.24) is 20.5 Å². The van der Waals surface area contributed by atoms with Gasteiger partial charge in [0.15, 0.2) is 5.82 Å². The second-order valence-electron chi connectivity index (χ2n) is 5.64. The zero-order chi connectivity index (χ0) is 16.1. The van der Waals surface area contributed by atoms with Gasteiger partial charge in [-0.25, -0.2) is 4.98 Å². The molecule has 23 heavy (non-hydrogen) atoms. The zero-order valence-electron chi connectivity index (χ0n) is 13.0. The molecular weight excluding hydrogens is 292 g/mol. The van der Waals surface area contributed by atoms with Crippen molar-refractivity contribution < 1.29 is 4.79 Å². The van der Waals surface area contributed by atoms with Crippen LogP contribution in [-0.2, 0) is 4.79 Å².